The molecule has 0 aliphatic heterocycles. The number of anilines is 1. The van der Waals surface area contributed by atoms with Crippen molar-refractivity contribution in [2.24, 2.45) is 5.92 Å². The monoisotopic (exact) mass is 539 g/mol. The first-order valence-electron chi connectivity index (χ1n) is 13.6. The Morgan fingerprint density at radius 3 is 2.72 bits per heavy atom. The number of aromatic amines is 1. The Morgan fingerprint density at radius 2 is 1.92 bits per heavy atom. The highest BCUT2D eigenvalue weighted by Gasteiger charge is 2.26. The van der Waals surface area contributed by atoms with Crippen LogP contribution in [0.3, 0.4) is 0 Å². The number of hydrogen-bond acceptors (Lipinski definition) is 4. The molecular formula is C32H30FN3O2S. The number of H-pyrrole nitrogens is 1. The van der Waals surface area contributed by atoms with Crippen LogP contribution in [0.2, 0.25) is 0 Å². The average Bonchev–Trinajstić information content (AvgIpc) is 3.50. The van der Waals surface area contributed by atoms with Crippen molar-refractivity contribution >= 4 is 49.3 Å². The smallest absolute Gasteiger partial charge is 0.229 e. The van der Waals surface area contributed by atoms with Gasteiger partial charge in [-0.25, -0.2) is 9.37 Å². The van der Waals surface area contributed by atoms with Crippen LogP contribution in [0.5, 0.6) is 0 Å². The molecule has 5 nitrogen and oxygen atoms in total. The van der Waals surface area contributed by atoms with Crippen LogP contribution in [0.25, 0.3) is 32.2 Å². The standard InChI is InChI=1S/C32H30FN3O2S/c1-19(21-8-4-9-24(33)15-21)5-2-10-29(37)26-18-34-27-13-11-22(16-25(26)27)23-12-14-28-30(17-23)39-32(35-28)36-31(38)20-6-3-7-20/h4,8-9,11-20,34H,2-3,5-7,10H2,1H3,(H,35,36,38)/t19-/m1/s1. The Labute approximate surface area is 230 Å². The first kappa shape index (κ1) is 25.4. The third-order valence-corrected chi connectivity index (χ3v) is 8.80. The molecule has 39 heavy (non-hydrogen) atoms. The number of rotatable bonds is 9. The normalized spacial score (nSPS) is 14.4. The van der Waals surface area contributed by atoms with E-state index in [1.54, 1.807) is 18.3 Å². The summed E-state index contributed by atoms with van der Waals surface area (Å²) in [6.45, 7) is 2.07. The van der Waals surface area contributed by atoms with Gasteiger partial charge in [-0.15, -0.1) is 0 Å². The molecule has 2 heterocycles. The van der Waals surface area contributed by atoms with Gasteiger partial charge in [0, 0.05) is 35.0 Å². The van der Waals surface area contributed by atoms with E-state index in [9.17, 15) is 14.0 Å². The zero-order valence-corrected chi connectivity index (χ0v) is 22.6. The quantitative estimate of drug-likeness (QED) is 0.184. The summed E-state index contributed by atoms with van der Waals surface area (Å²) in [6, 6.07) is 18.9. The van der Waals surface area contributed by atoms with Crippen LogP contribution >= 0.6 is 11.3 Å². The molecule has 3 aromatic carbocycles. The molecule has 6 rings (SSSR count). The summed E-state index contributed by atoms with van der Waals surface area (Å²) in [5, 5.41) is 4.53. The average molecular weight is 540 g/mol. The van der Waals surface area contributed by atoms with E-state index in [4.69, 9.17) is 0 Å². The van der Waals surface area contributed by atoms with Gasteiger partial charge in [-0.1, -0.05) is 48.9 Å². The Hall–Kier alpha value is -3.84. The number of fused-ring (bicyclic) bond motifs is 2. The van der Waals surface area contributed by atoms with E-state index >= 15 is 0 Å². The molecule has 5 aromatic rings. The fraction of sp³-hybridized carbons (Fsp3) is 0.281. The Bertz CT molecular complexity index is 1680. The van der Waals surface area contributed by atoms with E-state index in [0.717, 1.165) is 69.9 Å². The zero-order chi connectivity index (χ0) is 26.9. The van der Waals surface area contributed by atoms with E-state index < -0.39 is 0 Å². The number of halogens is 1. The SMILES string of the molecule is C[C@H](CCCC(=O)c1c[nH]c2ccc(-c3ccc4nc(NC(=O)C5CCC5)sc4c3)cc12)c1cccc(F)c1. The second kappa shape index (κ2) is 10.7. The van der Waals surface area contributed by atoms with Gasteiger partial charge < -0.3 is 10.3 Å². The first-order valence-corrected chi connectivity index (χ1v) is 14.4. The van der Waals surface area contributed by atoms with Gasteiger partial charge in [0.1, 0.15) is 5.82 Å². The molecule has 2 N–H and O–H groups in total. The molecule has 1 amide bonds. The van der Waals surface area contributed by atoms with Gasteiger partial charge in [-0.3, -0.25) is 9.59 Å². The van der Waals surface area contributed by atoms with E-state index in [0.29, 0.717) is 17.1 Å². The molecule has 0 unspecified atom stereocenters. The van der Waals surface area contributed by atoms with E-state index in [-0.39, 0.29) is 29.3 Å². The summed E-state index contributed by atoms with van der Waals surface area (Å²) in [6.07, 6.45) is 6.85. The van der Waals surface area contributed by atoms with Gasteiger partial charge in [0.25, 0.3) is 0 Å². The van der Waals surface area contributed by atoms with E-state index in [1.807, 2.05) is 24.3 Å². The predicted molar refractivity (Wildman–Crippen MR) is 156 cm³/mol. The zero-order valence-electron chi connectivity index (χ0n) is 21.8. The van der Waals surface area contributed by atoms with E-state index in [2.05, 4.69) is 40.4 Å². The molecule has 1 saturated carbocycles. The van der Waals surface area contributed by atoms with E-state index in [1.165, 1.54) is 17.4 Å². The van der Waals surface area contributed by atoms with Crippen molar-refractivity contribution in [1.82, 2.24) is 9.97 Å². The fourth-order valence-corrected chi connectivity index (χ4v) is 6.16. The molecule has 1 aliphatic rings. The Balaban J connectivity index is 1.16. The van der Waals surface area contributed by atoms with Crippen molar-refractivity contribution in [3.05, 3.63) is 83.8 Å². The van der Waals surface area contributed by atoms with Gasteiger partial charge in [-0.05, 0) is 84.7 Å². The molecule has 7 heteroatoms. The predicted octanol–water partition coefficient (Wildman–Crippen LogP) is 8.48. The number of Topliss-reactive ketones (excluding diaryl/α,β-unsaturated/α-hetero) is 1. The number of ketones is 1. The fourth-order valence-electron chi connectivity index (χ4n) is 5.25. The maximum Gasteiger partial charge on any atom is 0.229 e. The highest BCUT2D eigenvalue weighted by atomic mass is 32.1. The molecule has 1 fully saturated rings. The number of thiazole rings is 1. The summed E-state index contributed by atoms with van der Waals surface area (Å²) in [5.74, 6) is 0.260. The number of carbonyl (C=O) groups excluding carboxylic acids is 2. The maximum absolute atomic E-state index is 13.6. The van der Waals surface area contributed by atoms with Crippen molar-refractivity contribution < 1.29 is 14.0 Å². The van der Waals surface area contributed by atoms with Crippen molar-refractivity contribution in [2.75, 3.05) is 5.32 Å². The topological polar surface area (TPSA) is 74.8 Å². The van der Waals surface area contributed by atoms with Crippen molar-refractivity contribution in [2.45, 2.75) is 51.4 Å². The van der Waals surface area contributed by atoms with Crippen molar-refractivity contribution in [3.8, 4) is 11.1 Å². The summed E-state index contributed by atoms with van der Waals surface area (Å²) < 4.78 is 14.6. The minimum atomic E-state index is -0.226. The van der Waals surface area contributed by atoms with Crippen LogP contribution < -0.4 is 5.32 Å². The van der Waals surface area contributed by atoms with Crippen molar-refractivity contribution in [1.29, 1.82) is 0 Å². The third-order valence-electron chi connectivity index (χ3n) is 7.87. The van der Waals surface area contributed by atoms with Gasteiger partial charge in [0.05, 0.1) is 10.2 Å². The lowest BCUT2D eigenvalue weighted by atomic mass is 9.85. The second-order valence-electron chi connectivity index (χ2n) is 10.6. The lowest BCUT2D eigenvalue weighted by Gasteiger charge is -2.23. The number of nitrogens with zero attached hydrogens (tertiary/aromatic N) is 1. The molecule has 0 bridgehead atoms. The van der Waals surface area contributed by atoms with Crippen LogP contribution in [0.4, 0.5) is 9.52 Å². The van der Waals surface area contributed by atoms with Gasteiger partial charge in [-0.2, -0.15) is 0 Å². The van der Waals surface area contributed by atoms with Gasteiger partial charge in [0.15, 0.2) is 10.9 Å². The number of amides is 1. The molecule has 0 spiro atoms. The molecular weight excluding hydrogens is 509 g/mol. The molecule has 198 valence electrons. The summed E-state index contributed by atoms with van der Waals surface area (Å²) in [4.78, 5) is 33.3. The number of aromatic nitrogens is 2. The first-order chi connectivity index (χ1) is 18.9. The highest BCUT2D eigenvalue weighted by molar-refractivity contribution is 7.22. The van der Waals surface area contributed by atoms with Crippen LogP contribution in [0.1, 0.15) is 67.3 Å². The summed E-state index contributed by atoms with van der Waals surface area (Å²) in [5.41, 5.74) is 5.50. The summed E-state index contributed by atoms with van der Waals surface area (Å²) >= 11 is 1.49. The number of nitrogens with one attached hydrogen (secondary N) is 2. The van der Waals surface area contributed by atoms with Gasteiger partial charge in [0.2, 0.25) is 5.91 Å². The van der Waals surface area contributed by atoms with Crippen LogP contribution in [0.15, 0.2) is 66.9 Å². The minimum Gasteiger partial charge on any atom is -0.360 e. The number of carbonyl (C=O) groups is 2. The number of hydrogen-bond donors (Lipinski definition) is 2. The highest BCUT2D eigenvalue weighted by Crippen LogP contribution is 2.34. The molecule has 0 saturated heterocycles. The summed E-state index contributed by atoms with van der Waals surface area (Å²) in [7, 11) is 0. The van der Waals surface area contributed by atoms with Crippen LogP contribution in [-0.4, -0.2) is 21.7 Å². The molecule has 1 atom stereocenters. The van der Waals surface area contributed by atoms with Crippen LogP contribution in [0, 0.1) is 11.7 Å². The minimum absolute atomic E-state index is 0.0686. The Kier molecular flexibility index (Phi) is 7.00. The lowest BCUT2D eigenvalue weighted by Crippen LogP contribution is -2.27. The Morgan fingerprint density at radius 1 is 1.10 bits per heavy atom. The maximum atomic E-state index is 13.6. The molecule has 2 aromatic heterocycles. The van der Waals surface area contributed by atoms with Crippen LogP contribution in [-0.2, 0) is 4.79 Å². The largest absolute Gasteiger partial charge is 0.360 e. The van der Waals surface area contributed by atoms with Crippen molar-refractivity contribution in [3.63, 3.8) is 0 Å². The molecule has 0 radical (unpaired) electrons. The third kappa shape index (κ3) is 5.36. The number of benzene rings is 3. The molecule has 1 aliphatic carbocycles. The second-order valence-corrected chi connectivity index (χ2v) is 11.6. The lowest BCUT2D eigenvalue weighted by molar-refractivity contribution is -0.122. The van der Waals surface area contributed by atoms with Gasteiger partial charge >= 0.3 is 0 Å².